The Morgan fingerprint density at radius 1 is 0.944 bits per heavy atom. The summed E-state index contributed by atoms with van der Waals surface area (Å²) in [7, 11) is 0. The molecule has 7 heteroatoms. The number of hydrogen-bond acceptors (Lipinski definition) is 5. The van der Waals surface area contributed by atoms with Crippen LogP contribution in [-0.2, 0) is 22.7 Å². The molecule has 5 rings (SSSR count). The number of benzene rings is 3. The number of carbonyl (C=O) groups excluding carboxylic acids is 2. The van der Waals surface area contributed by atoms with Crippen LogP contribution in [0.15, 0.2) is 107 Å². The van der Waals surface area contributed by atoms with E-state index in [-0.39, 0.29) is 23.4 Å². The first kappa shape index (κ1) is 23.1. The molecule has 1 aliphatic rings. The second-order valence-corrected chi connectivity index (χ2v) is 8.36. The van der Waals surface area contributed by atoms with Crippen LogP contribution in [0.2, 0.25) is 0 Å². The Hall–Kier alpha value is -4.65. The zero-order valence-corrected chi connectivity index (χ0v) is 19.1. The molecule has 3 aromatic carbocycles. The molecule has 1 N–H and O–H groups in total. The van der Waals surface area contributed by atoms with E-state index >= 15 is 0 Å². The van der Waals surface area contributed by atoms with Crippen molar-refractivity contribution in [3.05, 3.63) is 131 Å². The smallest absolute Gasteiger partial charge is 0.296 e. The van der Waals surface area contributed by atoms with Crippen molar-refractivity contribution in [3.8, 4) is 5.75 Å². The van der Waals surface area contributed by atoms with Crippen molar-refractivity contribution in [2.24, 2.45) is 0 Å². The number of ketones is 1. The molecule has 1 saturated heterocycles. The monoisotopic (exact) mass is 483 g/mol. The number of amides is 1. The number of Topliss-reactive ketones (excluding diaryl/α,β-unsaturated/α-hetero) is 1. The third-order valence-electron chi connectivity index (χ3n) is 5.99. The number of halogens is 1. The van der Waals surface area contributed by atoms with Crippen molar-refractivity contribution in [2.45, 2.75) is 19.2 Å². The van der Waals surface area contributed by atoms with Crippen molar-refractivity contribution in [2.75, 3.05) is 0 Å². The Labute approximate surface area is 206 Å². The molecule has 0 aliphatic carbocycles. The Kier molecular flexibility index (Phi) is 6.36. The van der Waals surface area contributed by atoms with Crippen LogP contribution in [0.4, 0.5) is 4.39 Å². The van der Waals surface area contributed by atoms with E-state index < -0.39 is 23.5 Å². The van der Waals surface area contributed by atoms with Crippen molar-refractivity contribution in [3.63, 3.8) is 0 Å². The Morgan fingerprint density at radius 3 is 2.44 bits per heavy atom. The van der Waals surface area contributed by atoms with Crippen LogP contribution < -0.4 is 4.74 Å². The van der Waals surface area contributed by atoms with Crippen molar-refractivity contribution in [1.29, 1.82) is 0 Å². The van der Waals surface area contributed by atoms with Gasteiger partial charge in [-0.2, -0.15) is 0 Å². The molecule has 4 aromatic rings. The average molecular weight is 483 g/mol. The van der Waals surface area contributed by atoms with E-state index in [2.05, 4.69) is 0 Å². The van der Waals surface area contributed by atoms with Gasteiger partial charge in [-0.15, -0.1) is 0 Å². The summed E-state index contributed by atoms with van der Waals surface area (Å²) in [5.74, 6) is -1.43. The molecular formula is C29H22FNO5. The van der Waals surface area contributed by atoms with E-state index in [1.807, 2.05) is 30.3 Å². The number of likely N-dealkylation sites (tertiary alicyclic amines) is 1. The summed E-state index contributed by atoms with van der Waals surface area (Å²) in [6.07, 6.45) is 1.48. The average Bonchev–Trinajstić information content (AvgIpc) is 3.51. The summed E-state index contributed by atoms with van der Waals surface area (Å²) in [4.78, 5) is 27.6. The number of carbonyl (C=O) groups is 2. The predicted molar refractivity (Wildman–Crippen MR) is 130 cm³/mol. The molecule has 0 saturated carbocycles. The van der Waals surface area contributed by atoms with Gasteiger partial charge in [-0.05, 0) is 59.7 Å². The summed E-state index contributed by atoms with van der Waals surface area (Å²) in [5, 5.41) is 11.1. The first-order chi connectivity index (χ1) is 17.5. The molecule has 0 spiro atoms. The largest absolute Gasteiger partial charge is 0.507 e. The standard InChI is InChI=1S/C29H22FNO5/c30-22-13-11-20(12-14-22)27(32)25-26(31(29(34)28(25)33)17-24-10-5-15-35-24)21-8-4-9-23(16-21)36-18-19-6-2-1-3-7-19/h1-16,26,32H,17-18H2/b27-25+. The number of ether oxygens (including phenoxy) is 1. The highest BCUT2D eigenvalue weighted by molar-refractivity contribution is 6.46. The van der Waals surface area contributed by atoms with Crippen LogP contribution in [0.1, 0.15) is 28.5 Å². The maximum atomic E-state index is 13.5. The van der Waals surface area contributed by atoms with E-state index in [0.717, 1.165) is 5.56 Å². The van der Waals surface area contributed by atoms with Gasteiger partial charge in [0.25, 0.3) is 11.7 Å². The minimum absolute atomic E-state index is 0.0253. The third kappa shape index (κ3) is 4.63. The fourth-order valence-electron chi connectivity index (χ4n) is 4.24. The summed E-state index contributed by atoms with van der Waals surface area (Å²) in [6, 6.07) is 24.3. The van der Waals surface area contributed by atoms with Crippen LogP contribution in [0.25, 0.3) is 5.76 Å². The van der Waals surface area contributed by atoms with Crippen LogP contribution in [0.3, 0.4) is 0 Å². The topological polar surface area (TPSA) is 80.0 Å². The molecular weight excluding hydrogens is 461 g/mol. The lowest BCUT2D eigenvalue weighted by Crippen LogP contribution is -2.29. The molecule has 1 aliphatic heterocycles. The van der Waals surface area contributed by atoms with Gasteiger partial charge in [0.1, 0.15) is 29.7 Å². The molecule has 1 fully saturated rings. The highest BCUT2D eigenvalue weighted by atomic mass is 19.1. The van der Waals surface area contributed by atoms with Gasteiger partial charge < -0.3 is 19.2 Å². The minimum Gasteiger partial charge on any atom is -0.507 e. The molecule has 36 heavy (non-hydrogen) atoms. The molecule has 1 aromatic heterocycles. The second-order valence-electron chi connectivity index (χ2n) is 8.36. The molecule has 1 atom stereocenters. The molecule has 0 bridgehead atoms. The maximum absolute atomic E-state index is 13.5. The quantitative estimate of drug-likeness (QED) is 0.210. The zero-order valence-electron chi connectivity index (χ0n) is 19.1. The second kappa shape index (κ2) is 9.92. The lowest BCUT2D eigenvalue weighted by Gasteiger charge is -2.25. The van der Waals surface area contributed by atoms with Crippen molar-refractivity contribution in [1.82, 2.24) is 4.90 Å². The lowest BCUT2D eigenvalue weighted by atomic mass is 9.95. The van der Waals surface area contributed by atoms with Crippen LogP contribution in [-0.4, -0.2) is 21.7 Å². The predicted octanol–water partition coefficient (Wildman–Crippen LogP) is 5.62. The number of aliphatic hydroxyl groups excluding tert-OH is 1. The molecule has 1 amide bonds. The van der Waals surface area contributed by atoms with Crippen LogP contribution in [0, 0.1) is 5.82 Å². The molecule has 1 unspecified atom stereocenters. The number of rotatable bonds is 7. The fourth-order valence-corrected chi connectivity index (χ4v) is 4.24. The SMILES string of the molecule is O=C1C(=O)N(Cc2ccco2)C(c2cccc(OCc3ccccc3)c2)/C1=C(\O)c1ccc(F)cc1. The van der Waals surface area contributed by atoms with Crippen LogP contribution in [0.5, 0.6) is 5.75 Å². The van der Waals surface area contributed by atoms with Crippen molar-refractivity contribution >= 4 is 17.4 Å². The molecule has 2 heterocycles. The lowest BCUT2D eigenvalue weighted by molar-refractivity contribution is -0.140. The first-order valence-corrected chi connectivity index (χ1v) is 11.3. The van der Waals surface area contributed by atoms with E-state index in [0.29, 0.717) is 23.7 Å². The minimum atomic E-state index is -0.902. The Morgan fingerprint density at radius 2 is 1.72 bits per heavy atom. The van der Waals surface area contributed by atoms with Gasteiger partial charge in [-0.1, -0.05) is 42.5 Å². The summed E-state index contributed by atoms with van der Waals surface area (Å²) >= 11 is 0. The van der Waals surface area contributed by atoms with Crippen LogP contribution >= 0.6 is 0 Å². The first-order valence-electron chi connectivity index (χ1n) is 11.3. The van der Waals surface area contributed by atoms with Gasteiger partial charge in [0.2, 0.25) is 0 Å². The number of furan rings is 1. The molecule has 0 radical (unpaired) electrons. The third-order valence-corrected chi connectivity index (χ3v) is 5.99. The van der Waals surface area contributed by atoms with Gasteiger partial charge in [-0.3, -0.25) is 9.59 Å². The summed E-state index contributed by atoms with van der Waals surface area (Å²) in [6.45, 7) is 0.365. The van der Waals surface area contributed by atoms with Gasteiger partial charge in [0.15, 0.2) is 0 Å². The fraction of sp³-hybridized carbons (Fsp3) is 0.103. The van der Waals surface area contributed by atoms with Gasteiger partial charge in [0, 0.05) is 5.56 Å². The molecule has 180 valence electrons. The van der Waals surface area contributed by atoms with E-state index in [9.17, 15) is 19.1 Å². The maximum Gasteiger partial charge on any atom is 0.296 e. The number of nitrogens with zero attached hydrogens (tertiary/aromatic N) is 1. The normalized spacial score (nSPS) is 16.9. The molecule has 6 nitrogen and oxygen atoms in total. The Balaban J connectivity index is 1.55. The van der Waals surface area contributed by atoms with Gasteiger partial charge in [-0.25, -0.2) is 4.39 Å². The van der Waals surface area contributed by atoms with Crippen molar-refractivity contribution < 1.29 is 28.2 Å². The highest BCUT2D eigenvalue weighted by Gasteiger charge is 2.46. The van der Waals surface area contributed by atoms with E-state index in [1.165, 1.54) is 35.4 Å². The van der Waals surface area contributed by atoms with E-state index in [4.69, 9.17) is 9.15 Å². The summed E-state index contributed by atoms with van der Waals surface area (Å²) < 4.78 is 24.8. The highest BCUT2D eigenvalue weighted by Crippen LogP contribution is 2.41. The van der Waals surface area contributed by atoms with E-state index in [1.54, 1.807) is 36.4 Å². The number of hydrogen-bond donors (Lipinski definition) is 1. The Bertz CT molecular complexity index is 1410. The van der Waals surface area contributed by atoms with Gasteiger partial charge >= 0.3 is 0 Å². The van der Waals surface area contributed by atoms with Gasteiger partial charge in [0.05, 0.1) is 24.4 Å². The number of aliphatic hydroxyl groups is 1. The zero-order chi connectivity index (χ0) is 25.1. The summed E-state index contributed by atoms with van der Waals surface area (Å²) in [5.41, 5.74) is 1.71.